The zero-order valence-electron chi connectivity index (χ0n) is 14.0. The highest BCUT2D eigenvalue weighted by molar-refractivity contribution is 7.16. The molecule has 0 spiro atoms. The van der Waals surface area contributed by atoms with Crippen molar-refractivity contribution in [2.45, 2.75) is 12.8 Å². The molecular formula is C22H16N2OS. The fourth-order valence-corrected chi connectivity index (χ4v) is 4.61. The van der Waals surface area contributed by atoms with E-state index in [1.807, 2.05) is 30.3 Å². The van der Waals surface area contributed by atoms with E-state index in [1.54, 1.807) is 11.3 Å². The van der Waals surface area contributed by atoms with Crippen LogP contribution in [-0.2, 0) is 17.6 Å². The van der Waals surface area contributed by atoms with Crippen molar-refractivity contribution < 1.29 is 4.79 Å². The highest BCUT2D eigenvalue weighted by atomic mass is 32.1. The van der Waals surface area contributed by atoms with Gasteiger partial charge in [0.25, 0.3) is 0 Å². The van der Waals surface area contributed by atoms with Gasteiger partial charge in [-0.05, 0) is 21.9 Å². The summed E-state index contributed by atoms with van der Waals surface area (Å²) >= 11 is 1.58. The van der Waals surface area contributed by atoms with Gasteiger partial charge in [-0.2, -0.15) is 0 Å². The third-order valence-corrected chi connectivity index (χ3v) is 5.77. The van der Waals surface area contributed by atoms with Crippen LogP contribution in [0.25, 0.3) is 22.0 Å². The Balaban J connectivity index is 1.37. The average molecular weight is 356 g/mol. The number of aromatic nitrogens is 1. The zero-order chi connectivity index (χ0) is 17.5. The first-order valence-corrected chi connectivity index (χ1v) is 9.44. The van der Waals surface area contributed by atoms with Crippen molar-refractivity contribution in [2.75, 3.05) is 5.32 Å². The lowest BCUT2D eigenvalue weighted by Gasteiger charge is -2.06. The minimum Gasteiger partial charge on any atom is -0.302 e. The molecule has 1 aliphatic carbocycles. The van der Waals surface area contributed by atoms with E-state index in [1.165, 1.54) is 16.0 Å². The van der Waals surface area contributed by atoms with Crippen LogP contribution >= 0.6 is 11.3 Å². The summed E-state index contributed by atoms with van der Waals surface area (Å²) in [5.41, 5.74) is 4.56. The van der Waals surface area contributed by atoms with Crippen molar-refractivity contribution in [3.8, 4) is 11.3 Å². The van der Waals surface area contributed by atoms with Crippen LogP contribution in [0, 0.1) is 0 Å². The Morgan fingerprint density at radius 2 is 1.81 bits per heavy atom. The Bertz CT molecular complexity index is 1140. The summed E-state index contributed by atoms with van der Waals surface area (Å²) in [6, 6.07) is 22.6. The zero-order valence-corrected chi connectivity index (χ0v) is 14.8. The van der Waals surface area contributed by atoms with Crippen LogP contribution in [0.5, 0.6) is 0 Å². The summed E-state index contributed by atoms with van der Waals surface area (Å²) in [6.07, 6.45) is 1.25. The number of nitrogens with zero attached hydrogens (tertiary/aromatic N) is 1. The molecule has 1 N–H and O–H groups in total. The monoisotopic (exact) mass is 356 g/mol. The van der Waals surface area contributed by atoms with Crippen molar-refractivity contribution in [3.63, 3.8) is 0 Å². The molecule has 0 unspecified atom stereocenters. The molecular weight excluding hydrogens is 340 g/mol. The van der Waals surface area contributed by atoms with Gasteiger partial charge in [-0.15, -0.1) is 11.3 Å². The van der Waals surface area contributed by atoms with Crippen LogP contribution in [-0.4, -0.2) is 10.9 Å². The fraction of sp³-hybridized carbons (Fsp3) is 0.0909. The van der Waals surface area contributed by atoms with Gasteiger partial charge in [0.1, 0.15) is 0 Å². The first kappa shape index (κ1) is 15.3. The number of nitrogens with one attached hydrogen (secondary N) is 1. The number of carbonyl (C=O) groups excluding carboxylic acids is 1. The lowest BCUT2D eigenvalue weighted by Crippen LogP contribution is -2.14. The van der Waals surface area contributed by atoms with Crippen LogP contribution in [0.15, 0.2) is 66.7 Å². The summed E-state index contributed by atoms with van der Waals surface area (Å²) in [6.45, 7) is 0. The van der Waals surface area contributed by atoms with Crippen LogP contribution < -0.4 is 5.32 Å². The van der Waals surface area contributed by atoms with Gasteiger partial charge < -0.3 is 5.32 Å². The maximum absolute atomic E-state index is 12.6. The summed E-state index contributed by atoms with van der Waals surface area (Å²) in [5, 5.41) is 5.95. The molecule has 126 valence electrons. The first-order chi connectivity index (χ1) is 12.8. The minimum absolute atomic E-state index is 0.0259. The van der Waals surface area contributed by atoms with E-state index in [2.05, 4.69) is 46.7 Å². The maximum Gasteiger partial charge on any atom is 0.230 e. The second-order valence-electron chi connectivity index (χ2n) is 6.49. The number of hydrogen-bond acceptors (Lipinski definition) is 3. The Morgan fingerprint density at radius 3 is 2.77 bits per heavy atom. The smallest absolute Gasteiger partial charge is 0.230 e. The highest BCUT2D eigenvalue weighted by Crippen LogP contribution is 2.40. The predicted molar refractivity (Wildman–Crippen MR) is 107 cm³/mol. The number of rotatable bonds is 3. The number of carbonyl (C=O) groups is 1. The van der Waals surface area contributed by atoms with E-state index < -0.39 is 0 Å². The molecule has 4 aromatic rings. The number of fused-ring (bicyclic) bond motifs is 4. The van der Waals surface area contributed by atoms with Gasteiger partial charge in [-0.1, -0.05) is 66.7 Å². The molecule has 3 aromatic carbocycles. The van der Waals surface area contributed by atoms with Crippen molar-refractivity contribution in [1.82, 2.24) is 4.98 Å². The van der Waals surface area contributed by atoms with Crippen molar-refractivity contribution in [3.05, 3.63) is 82.7 Å². The van der Waals surface area contributed by atoms with Crippen LogP contribution in [0.1, 0.15) is 16.0 Å². The lowest BCUT2D eigenvalue weighted by atomic mass is 10.0. The Hall–Kier alpha value is -2.98. The molecule has 1 aromatic heterocycles. The number of thiazole rings is 1. The van der Waals surface area contributed by atoms with Crippen molar-refractivity contribution >= 4 is 33.1 Å². The summed E-state index contributed by atoms with van der Waals surface area (Å²) in [5.74, 6) is -0.0259. The van der Waals surface area contributed by atoms with Crippen molar-refractivity contribution in [1.29, 1.82) is 0 Å². The molecule has 0 aliphatic heterocycles. The summed E-state index contributed by atoms with van der Waals surface area (Å²) in [7, 11) is 0. The van der Waals surface area contributed by atoms with Gasteiger partial charge in [-0.3, -0.25) is 4.79 Å². The van der Waals surface area contributed by atoms with Gasteiger partial charge in [0.2, 0.25) is 5.91 Å². The second kappa shape index (κ2) is 6.07. The standard InChI is InChI=1S/C22H16N2OS/c25-20(13-16-9-5-8-14-6-1-3-10-17(14)16)23-22-24-21-18-11-4-2-7-15(18)12-19(21)26-22/h1-11H,12-13H2,(H,23,24,25). The van der Waals surface area contributed by atoms with Gasteiger partial charge in [0, 0.05) is 16.9 Å². The molecule has 0 atom stereocenters. The van der Waals surface area contributed by atoms with E-state index in [0.717, 1.165) is 28.5 Å². The average Bonchev–Trinajstić information content (AvgIpc) is 3.19. The number of anilines is 1. The number of benzene rings is 3. The molecule has 0 saturated carbocycles. The molecule has 1 aliphatic rings. The molecule has 1 amide bonds. The fourth-order valence-electron chi connectivity index (χ4n) is 3.60. The maximum atomic E-state index is 12.6. The number of hydrogen-bond donors (Lipinski definition) is 1. The third-order valence-electron chi connectivity index (χ3n) is 4.80. The minimum atomic E-state index is -0.0259. The molecule has 0 bridgehead atoms. The molecule has 26 heavy (non-hydrogen) atoms. The van der Waals surface area contributed by atoms with Gasteiger partial charge in [0.05, 0.1) is 12.1 Å². The Morgan fingerprint density at radius 1 is 1.00 bits per heavy atom. The topological polar surface area (TPSA) is 42.0 Å². The normalized spacial score (nSPS) is 12.0. The van der Waals surface area contributed by atoms with Crippen LogP contribution in [0.2, 0.25) is 0 Å². The largest absolute Gasteiger partial charge is 0.302 e. The third kappa shape index (κ3) is 2.59. The number of amides is 1. The Labute approximate surface area is 155 Å². The van der Waals surface area contributed by atoms with E-state index in [-0.39, 0.29) is 5.91 Å². The van der Waals surface area contributed by atoms with Crippen LogP contribution in [0.3, 0.4) is 0 Å². The van der Waals surface area contributed by atoms with E-state index >= 15 is 0 Å². The SMILES string of the molecule is O=C(Cc1cccc2ccccc12)Nc1nc2c(s1)Cc1ccccc1-2. The lowest BCUT2D eigenvalue weighted by molar-refractivity contribution is -0.115. The highest BCUT2D eigenvalue weighted by Gasteiger charge is 2.23. The molecule has 0 radical (unpaired) electrons. The molecule has 3 nitrogen and oxygen atoms in total. The van der Waals surface area contributed by atoms with Gasteiger partial charge >= 0.3 is 0 Å². The molecule has 0 saturated heterocycles. The van der Waals surface area contributed by atoms with E-state index in [4.69, 9.17) is 0 Å². The van der Waals surface area contributed by atoms with Gasteiger partial charge in [-0.25, -0.2) is 4.98 Å². The molecule has 1 heterocycles. The molecule has 4 heteroatoms. The second-order valence-corrected chi connectivity index (χ2v) is 7.57. The quantitative estimate of drug-likeness (QED) is 0.491. The van der Waals surface area contributed by atoms with E-state index in [9.17, 15) is 4.79 Å². The van der Waals surface area contributed by atoms with E-state index in [0.29, 0.717) is 11.6 Å². The first-order valence-electron chi connectivity index (χ1n) is 8.62. The van der Waals surface area contributed by atoms with Crippen molar-refractivity contribution in [2.24, 2.45) is 0 Å². The predicted octanol–water partition coefficient (Wildman–Crippen LogP) is 5.05. The summed E-state index contributed by atoms with van der Waals surface area (Å²) < 4.78 is 0. The summed E-state index contributed by atoms with van der Waals surface area (Å²) in [4.78, 5) is 18.4. The Kier molecular flexibility index (Phi) is 3.57. The molecule has 0 fully saturated rings. The van der Waals surface area contributed by atoms with Gasteiger partial charge in [0.15, 0.2) is 5.13 Å². The van der Waals surface area contributed by atoms with Crippen LogP contribution in [0.4, 0.5) is 5.13 Å². The molecule has 5 rings (SSSR count).